The highest BCUT2D eigenvalue weighted by Gasteiger charge is 2.03. The smallest absolute Gasteiger partial charge is 0.142 e. The van der Waals surface area contributed by atoms with E-state index in [1.807, 2.05) is 6.07 Å². The van der Waals surface area contributed by atoms with Crippen LogP contribution in [0.3, 0.4) is 0 Å². The number of thioether (sulfide) groups is 1. The summed E-state index contributed by atoms with van der Waals surface area (Å²) in [5, 5.41) is 0.179. The van der Waals surface area contributed by atoms with E-state index in [0.717, 1.165) is 17.1 Å². The van der Waals surface area contributed by atoms with E-state index in [1.165, 1.54) is 6.07 Å². The molecule has 0 bridgehead atoms. The maximum Gasteiger partial charge on any atom is 0.142 e. The summed E-state index contributed by atoms with van der Waals surface area (Å²) >= 11 is 13.0. The topological polar surface area (TPSA) is 0 Å². The molecule has 0 aliphatic carbocycles. The van der Waals surface area contributed by atoms with E-state index < -0.39 is 0 Å². The summed E-state index contributed by atoms with van der Waals surface area (Å²) in [4.78, 5) is 0. The van der Waals surface area contributed by atoms with Gasteiger partial charge in [-0.25, -0.2) is 4.39 Å². The third-order valence-electron chi connectivity index (χ3n) is 1.92. The van der Waals surface area contributed by atoms with Crippen molar-refractivity contribution in [2.45, 2.75) is 12.7 Å². The van der Waals surface area contributed by atoms with Gasteiger partial charge >= 0.3 is 0 Å². The summed E-state index contributed by atoms with van der Waals surface area (Å²) in [5.41, 5.74) is 0.962. The molecule has 84 valence electrons. The summed E-state index contributed by atoms with van der Waals surface area (Å²) < 4.78 is 13.1. The lowest BCUT2D eigenvalue weighted by Crippen LogP contribution is -1.99. The minimum atomic E-state index is -0.347. The van der Waals surface area contributed by atoms with Gasteiger partial charge in [-0.3, -0.25) is 0 Å². The quantitative estimate of drug-likeness (QED) is 0.703. The van der Waals surface area contributed by atoms with Crippen LogP contribution in [0.5, 0.6) is 0 Å². The predicted octanol–water partition coefficient (Wildman–Crippen LogP) is 4.59. The van der Waals surface area contributed by atoms with E-state index in [-0.39, 0.29) is 10.8 Å². The minimum Gasteiger partial charge on any atom is -0.205 e. The van der Waals surface area contributed by atoms with Gasteiger partial charge < -0.3 is 0 Å². The van der Waals surface area contributed by atoms with Gasteiger partial charge in [-0.1, -0.05) is 24.6 Å². The van der Waals surface area contributed by atoms with Crippen LogP contribution >= 0.6 is 35.0 Å². The molecule has 0 N–H and O–H groups in total. The fraction of sp³-hybridized carbons (Fsp3) is 0.455. The molecular formula is C11H13Cl2FS. The van der Waals surface area contributed by atoms with Gasteiger partial charge in [0.2, 0.25) is 0 Å². The van der Waals surface area contributed by atoms with Gasteiger partial charge in [0.25, 0.3) is 0 Å². The van der Waals surface area contributed by atoms with Crippen molar-refractivity contribution in [2.75, 3.05) is 11.6 Å². The Bertz CT molecular complexity index is 317. The summed E-state index contributed by atoms with van der Waals surface area (Å²) in [6.45, 7) is 2.10. The van der Waals surface area contributed by atoms with Crippen LogP contribution in [0.4, 0.5) is 4.39 Å². The molecule has 1 unspecified atom stereocenters. The van der Waals surface area contributed by atoms with Crippen LogP contribution in [0, 0.1) is 11.7 Å². The molecule has 0 fully saturated rings. The Labute approximate surface area is 104 Å². The number of rotatable bonds is 5. The molecule has 0 saturated carbocycles. The number of benzene rings is 1. The highest BCUT2D eigenvalue weighted by atomic mass is 35.5. The second-order valence-corrected chi connectivity index (χ2v) is 5.27. The van der Waals surface area contributed by atoms with Crippen LogP contribution in [0.15, 0.2) is 18.2 Å². The van der Waals surface area contributed by atoms with Gasteiger partial charge in [0.15, 0.2) is 0 Å². The molecule has 4 heteroatoms. The van der Waals surface area contributed by atoms with Crippen molar-refractivity contribution in [3.05, 3.63) is 34.6 Å². The Hall–Kier alpha value is 0.0800. The Morgan fingerprint density at radius 2 is 2.20 bits per heavy atom. The largest absolute Gasteiger partial charge is 0.205 e. The van der Waals surface area contributed by atoms with Gasteiger partial charge in [0.1, 0.15) is 5.82 Å². The molecule has 0 aliphatic rings. The van der Waals surface area contributed by atoms with Gasteiger partial charge in [-0.15, -0.1) is 11.6 Å². The Morgan fingerprint density at radius 3 is 2.80 bits per heavy atom. The molecule has 0 amide bonds. The number of hydrogen-bond acceptors (Lipinski definition) is 1. The van der Waals surface area contributed by atoms with Gasteiger partial charge in [-0.2, -0.15) is 11.8 Å². The summed E-state index contributed by atoms with van der Waals surface area (Å²) in [6.07, 6.45) is 0. The first kappa shape index (κ1) is 13.1. The summed E-state index contributed by atoms with van der Waals surface area (Å²) in [7, 11) is 0. The monoisotopic (exact) mass is 266 g/mol. The van der Waals surface area contributed by atoms with Gasteiger partial charge in [-0.05, 0) is 29.4 Å². The van der Waals surface area contributed by atoms with E-state index in [4.69, 9.17) is 23.2 Å². The zero-order valence-electron chi connectivity index (χ0n) is 8.47. The fourth-order valence-corrected chi connectivity index (χ4v) is 2.46. The molecule has 15 heavy (non-hydrogen) atoms. The lowest BCUT2D eigenvalue weighted by atomic mass is 10.2. The SMILES string of the molecule is CC(CCl)CSCc1ccc(Cl)c(F)c1. The lowest BCUT2D eigenvalue weighted by Gasteiger charge is -2.07. The van der Waals surface area contributed by atoms with Crippen LogP contribution in [0.1, 0.15) is 12.5 Å². The van der Waals surface area contributed by atoms with Crippen LogP contribution in [0.25, 0.3) is 0 Å². The highest BCUT2D eigenvalue weighted by Crippen LogP contribution is 2.20. The Kier molecular flexibility index (Phi) is 5.80. The number of alkyl halides is 1. The predicted molar refractivity (Wildman–Crippen MR) is 67.5 cm³/mol. The lowest BCUT2D eigenvalue weighted by molar-refractivity contribution is 0.627. The summed E-state index contributed by atoms with van der Waals surface area (Å²) in [5.74, 6) is 2.61. The maximum atomic E-state index is 13.1. The molecule has 1 rings (SSSR count). The molecular weight excluding hydrogens is 254 g/mol. The Morgan fingerprint density at radius 1 is 1.47 bits per heavy atom. The first-order valence-corrected chi connectivity index (χ1v) is 6.78. The minimum absolute atomic E-state index is 0.179. The fourth-order valence-electron chi connectivity index (χ4n) is 1.05. The molecule has 0 aromatic heterocycles. The first-order valence-electron chi connectivity index (χ1n) is 4.71. The first-order chi connectivity index (χ1) is 7.13. The van der Waals surface area contributed by atoms with Crippen LogP contribution in [-0.2, 0) is 5.75 Å². The van der Waals surface area contributed by atoms with Crippen LogP contribution in [0.2, 0.25) is 5.02 Å². The molecule has 0 aliphatic heterocycles. The standard InChI is InChI=1S/C11H13Cl2FS/c1-8(5-12)6-15-7-9-2-3-10(13)11(14)4-9/h2-4,8H,5-7H2,1H3. The Balaban J connectivity index is 2.41. The average Bonchev–Trinajstić information content (AvgIpc) is 2.23. The third kappa shape index (κ3) is 4.62. The molecule has 0 nitrogen and oxygen atoms in total. The molecule has 0 radical (unpaired) electrons. The third-order valence-corrected chi connectivity index (χ3v) is 4.09. The van der Waals surface area contributed by atoms with Crippen molar-refractivity contribution < 1.29 is 4.39 Å². The molecule has 0 spiro atoms. The van der Waals surface area contributed by atoms with Crippen LogP contribution < -0.4 is 0 Å². The molecule has 0 saturated heterocycles. The van der Waals surface area contributed by atoms with Crippen molar-refractivity contribution in [3.63, 3.8) is 0 Å². The normalized spacial score (nSPS) is 12.8. The second-order valence-electron chi connectivity index (χ2n) is 3.52. The second kappa shape index (κ2) is 6.62. The van der Waals surface area contributed by atoms with Crippen molar-refractivity contribution in [1.82, 2.24) is 0 Å². The van der Waals surface area contributed by atoms with Gasteiger partial charge in [0, 0.05) is 11.6 Å². The van der Waals surface area contributed by atoms with Crippen molar-refractivity contribution in [2.24, 2.45) is 5.92 Å². The van der Waals surface area contributed by atoms with Gasteiger partial charge in [0.05, 0.1) is 5.02 Å². The van der Waals surface area contributed by atoms with E-state index >= 15 is 0 Å². The van der Waals surface area contributed by atoms with Crippen molar-refractivity contribution in [3.8, 4) is 0 Å². The zero-order valence-corrected chi connectivity index (χ0v) is 10.8. The molecule has 1 aromatic carbocycles. The average molecular weight is 267 g/mol. The highest BCUT2D eigenvalue weighted by molar-refractivity contribution is 7.98. The van der Waals surface area contributed by atoms with Crippen molar-refractivity contribution in [1.29, 1.82) is 0 Å². The van der Waals surface area contributed by atoms with E-state index in [9.17, 15) is 4.39 Å². The van der Waals surface area contributed by atoms with Crippen LogP contribution in [-0.4, -0.2) is 11.6 Å². The molecule has 0 heterocycles. The van der Waals surface area contributed by atoms with E-state index in [2.05, 4.69) is 6.92 Å². The summed E-state index contributed by atoms with van der Waals surface area (Å²) in [6, 6.07) is 4.93. The van der Waals surface area contributed by atoms with Crippen molar-refractivity contribution >= 4 is 35.0 Å². The van der Waals surface area contributed by atoms with E-state index in [0.29, 0.717) is 11.8 Å². The molecule has 1 atom stereocenters. The maximum absolute atomic E-state index is 13.1. The van der Waals surface area contributed by atoms with E-state index in [1.54, 1.807) is 17.8 Å². The number of hydrogen-bond donors (Lipinski definition) is 0. The number of halogens is 3. The zero-order chi connectivity index (χ0) is 11.3. The molecule has 1 aromatic rings.